The van der Waals surface area contributed by atoms with Gasteiger partial charge in [0, 0.05) is 61.0 Å². The Bertz CT molecular complexity index is 1970. The van der Waals surface area contributed by atoms with Gasteiger partial charge in [-0.15, -0.1) is 0 Å². The van der Waals surface area contributed by atoms with Gasteiger partial charge in [0.15, 0.2) is 0 Å². The Balaban J connectivity index is 0.781. The number of amides is 5. The SMILES string of the molecule is CC1(C)[C@H](NC(=O)[C@H]2CC[C@H](N3CCC(CN4Cc5cc6c(cc5C4)C(=O)N(C4CCC(=O)NC4=O)C6=O)CC3)CC2)C(C)(C)[C@H]1Oc1ccc(C#N)c(Cl)c1. The molecule has 2 aliphatic carbocycles. The predicted molar refractivity (Wildman–Crippen MR) is 207 cm³/mol. The number of nitriles is 1. The number of likely N-dealkylation sites (tertiary alicyclic amines) is 1. The molecule has 0 bridgehead atoms. The highest BCUT2D eigenvalue weighted by molar-refractivity contribution is 6.31. The van der Waals surface area contributed by atoms with Crippen molar-refractivity contribution in [3.63, 3.8) is 0 Å². The first-order chi connectivity index (χ1) is 26.6. The smallest absolute Gasteiger partial charge is 0.262 e. The van der Waals surface area contributed by atoms with Gasteiger partial charge >= 0.3 is 0 Å². The molecule has 2 aromatic carbocycles. The lowest BCUT2D eigenvalue weighted by molar-refractivity contribution is -0.175. The fourth-order valence-electron chi connectivity index (χ4n) is 11.0. The molecule has 4 aliphatic heterocycles. The van der Waals surface area contributed by atoms with E-state index in [1.807, 2.05) is 12.1 Å². The Labute approximate surface area is 333 Å². The van der Waals surface area contributed by atoms with Crippen molar-refractivity contribution >= 4 is 41.1 Å². The quantitative estimate of drug-likeness (QED) is 0.345. The Morgan fingerprint density at radius 1 is 0.911 bits per heavy atom. The van der Waals surface area contributed by atoms with E-state index >= 15 is 0 Å². The lowest BCUT2D eigenvalue weighted by atomic mass is 9.49. The molecule has 296 valence electrons. The van der Waals surface area contributed by atoms with Crippen molar-refractivity contribution in [1.29, 1.82) is 5.26 Å². The summed E-state index contributed by atoms with van der Waals surface area (Å²) in [4.78, 5) is 70.4. The molecular formula is C43H51ClN6O6. The molecule has 8 rings (SSSR count). The van der Waals surface area contributed by atoms with Crippen molar-refractivity contribution < 1.29 is 28.7 Å². The average Bonchev–Trinajstić information content (AvgIpc) is 3.67. The summed E-state index contributed by atoms with van der Waals surface area (Å²) in [7, 11) is 0. The maximum atomic E-state index is 13.6. The minimum Gasteiger partial charge on any atom is -0.489 e. The minimum atomic E-state index is -0.955. The summed E-state index contributed by atoms with van der Waals surface area (Å²) < 4.78 is 6.41. The van der Waals surface area contributed by atoms with Crippen molar-refractivity contribution in [2.75, 3.05) is 19.6 Å². The maximum absolute atomic E-state index is 13.6. The number of nitrogens with zero attached hydrogens (tertiary/aromatic N) is 4. The van der Waals surface area contributed by atoms with Gasteiger partial charge in [-0.25, -0.2) is 0 Å². The Morgan fingerprint density at radius 2 is 1.54 bits per heavy atom. The van der Waals surface area contributed by atoms with Crippen LogP contribution in [0.2, 0.25) is 5.02 Å². The first kappa shape index (κ1) is 38.6. The Kier molecular flexibility index (Phi) is 10.0. The van der Waals surface area contributed by atoms with Gasteiger partial charge in [-0.3, -0.25) is 39.1 Å². The molecule has 1 atom stereocenters. The average molecular weight is 783 g/mol. The second kappa shape index (κ2) is 14.6. The number of hydrogen-bond acceptors (Lipinski definition) is 9. The number of piperidine rings is 2. The highest BCUT2D eigenvalue weighted by atomic mass is 35.5. The molecule has 2 saturated heterocycles. The van der Waals surface area contributed by atoms with E-state index in [4.69, 9.17) is 16.3 Å². The van der Waals surface area contributed by atoms with Crippen LogP contribution in [0.15, 0.2) is 30.3 Å². The first-order valence-electron chi connectivity index (χ1n) is 20.2. The van der Waals surface area contributed by atoms with Crippen molar-refractivity contribution in [2.24, 2.45) is 22.7 Å². The van der Waals surface area contributed by atoms with Crippen molar-refractivity contribution in [3.05, 3.63) is 63.2 Å². The molecule has 6 aliphatic rings. The molecule has 12 nitrogen and oxygen atoms in total. The van der Waals surface area contributed by atoms with Gasteiger partial charge in [0.05, 0.1) is 21.7 Å². The van der Waals surface area contributed by atoms with Crippen LogP contribution in [0.25, 0.3) is 0 Å². The normalized spacial score (nSPS) is 28.9. The molecule has 13 heteroatoms. The molecular weight excluding hydrogens is 732 g/mol. The zero-order valence-electron chi connectivity index (χ0n) is 32.7. The van der Waals surface area contributed by atoms with Gasteiger partial charge in [0.25, 0.3) is 11.8 Å². The number of nitrogens with one attached hydrogen (secondary N) is 2. The summed E-state index contributed by atoms with van der Waals surface area (Å²) in [6.45, 7) is 13.1. The van der Waals surface area contributed by atoms with Crippen LogP contribution in [0.1, 0.15) is 116 Å². The fourth-order valence-corrected chi connectivity index (χ4v) is 11.2. The number of rotatable bonds is 8. The molecule has 56 heavy (non-hydrogen) atoms. The fraction of sp³-hybridized carbons (Fsp3) is 0.581. The molecule has 0 aromatic heterocycles. The highest BCUT2D eigenvalue weighted by Crippen LogP contribution is 2.56. The number of hydrogen-bond donors (Lipinski definition) is 2. The molecule has 2 saturated carbocycles. The number of carbonyl (C=O) groups is 5. The molecule has 0 spiro atoms. The van der Waals surface area contributed by atoms with E-state index in [-0.39, 0.29) is 53.5 Å². The summed E-state index contributed by atoms with van der Waals surface area (Å²) in [5.74, 6) is -0.548. The third-order valence-electron chi connectivity index (χ3n) is 13.7. The number of benzene rings is 2. The van der Waals surface area contributed by atoms with Crippen molar-refractivity contribution in [3.8, 4) is 11.8 Å². The van der Waals surface area contributed by atoms with E-state index in [0.717, 1.165) is 87.3 Å². The summed E-state index contributed by atoms with van der Waals surface area (Å²) in [5.41, 5.74) is 2.63. The minimum absolute atomic E-state index is 0.0111. The topological polar surface area (TPSA) is 152 Å². The number of halogens is 1. The monoisotopic (exact) mass is 782 g/mol. The second-order valence-corrected chi connectivity index (χ2v) is 18.5. The lowest BCUT2D eigenvalue weighted by Crippen LogP contribution is -2.75. The molecule has 0 radical (unpaired) electrons. The Hall–Kier alpha value is -4.31. The number of imide groups is 2. The highest BCUT2D eigenvalue weighted by Gasteiger charge is 2.64. The summed E-state index contributed by atoms with van der Waals surface area (Å²) in [5, 5.41) is 15.3. The number of fused-ring (bicyclic) bond motifs is 2. The number of ether oxygens (including phenoxy) is 1. The van der Waals surface area contributed by atoms with E-state index in [1.54, 1.807) is 18.2 Å². The summed E-state index contributed by atoms with van der Waals surface area (Å²) >= 11 is 6.26. The van der Waals surface area contributed by atoms with Gasteiger partial charge in [-0.2, -0.15) is 5.26 Å². The van der Waals surface area contributed by atoms with E-state index < -0.39 is 23.8 Å². The van der Waals surface area contributed by atoms with E-state index in [9.17, 15) is 29.2 Å². The molecule has 4 fully saturated rings. The van der Waals surface area contributed by atoms with E-state index in [0.29, 0.717) is 39.4 Å². The van der Waals surface area contributed by atoms with Gasteiger partial charge in [0.2, 0.25) is 17.7 Å². The third-order valence-corrected chi connectivity index (χ3v) is 14.1. The van der Waals surface area contributed by atoms with Crippen LogP contribution in [-0.2, 0) is 27.5 Å². The van der Waals surface area contributed by atoms with Crippen molar-refractivity contribution in [2.45, 2.75) is 116 Å². The van der Waals surface area contributed by atoms with Crippen molar-refractivity contribution in [1.82, 2.24) is 25.3 Å². The van der Waals surface area contributed by atoms with Gasteiger partial charge in [-0.1, -0.05) is 39.3 Å². The largest absolute Gasteiger partial charge is 0.489 e. The van der Waals surface area contributed by atoms with E-state index in [2.05, 4.69) is 54.2 Å². The van der Waals surface area contributed by atoms with Crippen LogP contribution in [0.3, 0.4) is 0 Å². The molecule has 2 N–H and O–H groups in total. The van der Waals surface area contributed by atoms with Crippen LogP contribution in [0, 0.1) is 34.0 Å². The second-order valence-electron chi connectivity index (χ2n) is 18.1. The first-order valence-corrected chi connectivity index (χ1v) is 20.5. The standard InChI is InChI=1S/C43H51ClN6O6/c1-42(2)40(43(3,4)41(42)56-30-10-7-26(20-45)33(44)19-30)47-36(52)25-5-8-29(9-6-25)49-15-13-24(14-16-49)21-48-22-27-17-31-32(18-28(27)23-48)39(55)50(38(31)54)34-11-12-35(51)46-37(34)53/h7,10,17-19,24-25,29,34,40-41H,5-6,8-9,11-16,21-23H2,1-4H3,(H,47,52)(H,46,51,53)/t25-,29-,34?,40-,41-. The van der Waals surface area contributed by atoms with E-state index in [1.165, 1.54) is 0 Å². The molecule has 4 heterocycles. The summed E-state index contributed by atoms with van der Waals surface area (Å²) in [6.07, 6.45) is 6.17. The zero-order valence-corrected chi connectivity index (χ0v) is 33.4. The summed E-state index contributed by atoms with van der Waals surface area (Å²) in [6, 6.07) is 10.4. The van der Waals surface area contributed by atoms with Gasteiger partial charge in [0.1, 0.15) is 24.0 Å². The lowest BCUT2D eigenvalue weighted by Gasteiger charge is -2.63. The van der Waals surface area contributed by atoms with Crippen LogP contribution in [-0.4, -0.2) is 88.1 Å². The van der Waals surface area contributed by atoms with Gasteiger partial charge in [-0.05, 0) is 99.3 Å². The third kappa shape index (κ3) is 6.79. The van der Waals surface area contributed by atoms with Crippen LogP contribution in [0.5, 0.6) is 5.75 Å². The molecule has 5 amide bonds. The van der Waals surface area contributed by atoms with Crippen LogP contribution in [0.4, 0.5) is 0 Å². The maximum Gasteiger partial charge on any atom is 0.262 e. The van der Waals surface area contributed by atoms with Crippen LogP contribution < -0.4 is 15.4 Å². The van der Waals surface area contributed by atoms with Crippen LogP contribution >= 0.6 is 11.6 Å². The molecule has 1 unspecified atom stereocenters. The Morgan fingerprint density at radius 3 is 2.11 bits per heavy atom. The number of carbonyl (C=O) groups excluding carboxylic acids is 5. The molecule has 2 aromatic rings. The predicted octanol–water partition coefficient (Wildman–Crippen LogP) is 5.20. The van der Waals surface area contributed by atoms with Gasteiger partial charge < -0.3 is 15.0 Å². The zero-order chi connectivity index (χ0) is 39.7.